The molecule has 0 saturated carbocycles. The Bertz CT molecular complexity index is 211. The van der Waals surface area contributed by atoms with Gasteiger partial charge in [0.15, 0.2) is 0 Å². The molecule has 0 N–H and O–H groups in total. The van der Waals surface area contributed by atoms with Gasteiger partial charge in [0.2, 0.25) is 0 Å². The van der Waals surface area contributed by atoms with Crippen molar-refractivity contribution in [2.45, 2.75) is 28.2 Å². The van der Waals surface area contributed by atoms with Gasteiger partial charge in [0.1, 0.15) is 0 Å². The molecule has 0 amide bonds. The Morgan fingerprint density at radius 1 is 1.17 bits per heavy atom. The van der Waals surface area contributed by atoms with Crippen LogP contribution in [0.25, 0.3) is 6.08 Å². The second-order valence-electron chi connectivity index (χ2n) is 2.06. The predicted octanol–water partition coefficient (Wildman–Crippen LogP) is 4.30. The number of hydrogen-bond acceptors (Lipinski definition) is 0. The van der Waals surface area contributed by atoms with Gasteiger partial charge in [0.25, 0.3) is 0 Å². The van der Waals surface area contributed by atoms with Gasteiger partial charge in [-0.05, 0) is 18.1 Å². The van der Waals surface area contributed by atoms with Crippen LogP contribution in [0.2, 0.25) is 0 Å². The van der Waals surface area contributed by atoms with Gasteiger partial charge in [-0.2, -0.15) is 0 Å². The summed E-state index contributed by atoms with van der Waals surface area (Å²) in [7, 11) is 0. The minimum atomic E-state index is 0. The van der Waals surface area contributed by atoms with Crippen LogP contribution in [0.15, 0.2) is 30.8 Å². The first-order chi connectivity index (χ1) is 5.34. The van der Waals surface area contributed by atoms with Crippen LogP contribution in [0.1, 0.15) is 32.4 Å². The van der Waals surface area contributed by atoms with E-state index in [1.54, 1.807) is 0 Å². The molecule has 0 fully saturated rings. The number of aryl methyl sites for hydroxylation is 1. The Kier molecular flexibility index (Phi) is 9.10. The van der Waals surface area contributed by atoms with E-state index in [4.69, 9.17) is 0 Å². The largest absolute Gasteiger partial charge is 0.0985 e. The summed E-state index contributed by atoms with van der Waals surface area (Å²) in [6, 6.07) is 8.19. The minimum Gasteiger partial charge on any atom is -0.0985 e. The van der Waals surface area contributed by atoms with Crippen LogP contribution < -0.4 is 0 Å². The molecule has 0 aromatic heterocycles. The predicted molar refractivity (Wildman–Crippen MR) is 59.3 cm³/mol. The van der Waals surface area contributed by atoms with Crippen molar-refractivity contribution in [3.63, 3.8) is 0 Å². The van der Waals surface area contributed by atoms with E-state index < -0.39 is 0 Å². The second-order valence-corrected chi connectivity index (χ2v) is 2.06. The molecule has 0 aliphatic rings. The fourth-order valence-electron chi connectivity index (χ4n) is 0.816. The van der Waals surface area contributed by atoms with Crippen molar-refractivity contribution < 1.29 is 0 Å². The van der Waals surface area contributed by atoms with Crippen molar-refractivity contribution in [1.82, 2.24) is 0 Å². The molecule has 68 valence electrons. The molecule has 0 heterocycles. The highest BCUT2D eigenvalue weighted by atomic mass is 13.9. The first-order valence-electron chi connectivity index (χ1n) is 4.02. The zero-order valence-corrected chi connectivity index (χ0v) is 7.59. The van der Waals surface area contributed by atoms with Gasteiger partial charge >= 0.3 is 0 Å². The Balaban J connectivity index is 0. The molecule has 1 aromatic rings. The van der Waals surface area contributed by atoms with E-state index in [1.807, 2.05) is 32.1 Å². The van der Waals surface area contributed by atoms with E-state index in [9.17, 15) is 0 Å². The third-order valence-corrected chi connectivity index (χ3v) is 1.41. The lowest BCUT2D eigenvalue weighted by atomic mass is 10.1. The molecule has 0 unspecified atom stereocenters. The molecule has 0 nitrogen and oxygen atoms in total. The summed E-state index contributed by atoms with van der Waals surface area (Å²) in [4.78, 5) is 0. The van der Waals surface area contributed by atoms with Crippen molar-refractivity contribution in [2.24, 2.45) is 0 Å². The molecular weight excluding hydrogens is 144 g/mol. The van der Waals surface area contributed by atoms with E-state index in [0.29, 0.717) is 0 Å². The van der Waals surface area contributed by atoms with E-state index in [2.05, 4.69) is 25.6 Å². The summed E-state index contributed by atoms with van der Waals surface area (Å²) in [6.45, 7) is 9.77. The summed E-state index contributed by atoms with van der Waals surface area (Å²) in [5.41, 5.74) is 2.50. The highest BCUT2D eigenvalue weighted by Gasteiger charge is 1.86. The average Bonchev–Trinajstić information content (AvgIpc) is 2.09. The van der Waals surface area contributed by atoms with Gasteiger partial charge in [-0.15, -0.1) is 0 Å². The van der Waals surface area contributed by atoms with Crippen LogP contribution in [0.5, 0.6) is 0 Å². The van der Waals surface area contributed by atoms with Crippen LogP contribution in [0.4, 0.5) is 0 Å². The van der Waals surface area contributed by atoms with Crippen molar-refractivity contribution >= 4 is 6.08 Å². The quantitative estimate of drug-likeness (QED) is 0.580. The number of hydrogen-bond donors (Lipinski definition) is 0. The van der Waals surface area contributed by atoms with E-state index in [-0.39, 0.29) is 7.43 Å². The Labute approximate surface area is 76.9 Å². The average molecular weight is 164 g/mol. The van der Waals surface area contributed by atoms with Gasteiger partial charge in [0, 0.05) is 0 Å². The summed E-state index contributed by atoms with van der Waals surface area (Å²) in [5.74, 6) is 0. The summed E-state index contributed by atoms with van der Waals surface area (Å²) >= 11 is 0. The molecule has 0 saturated heterocycles. The maximum absolute atomic E-state index is 3.69. The molecule has 0 radical (unpaired) electrons. The summed E-state index contributed by atoms with van der Waals surface area (Å²) < 4.78 is 0. The minimum absolute atomic E-state index is 0. The molecule has 0 bridgehead atoms. The normalized spacial score (nSPS) is 7.25. The van der Waals surface area contributed by atoms with Gasteiger partial charge in [-0.1, -0.05) is 58.2 Å². The lowest BCUT2D eigenvalue weighted by Gasteiger charge is -1.95. The molecule has 0 heteroatoms. The van der Waals surface area contributed by atoms with Crippen LogP contribution in [0, 0.1) is 6.92 Å². The van der Waals surface area contributed by atoms with Crippen molar-refractivity contribution in [2.75, 3.05) is 0 Å². The lowest BCUT2D eigenvalue weighted by Crippen LogP contribution is -1.75. The highest BCUT2D eigenvalue weighted by Crippen LogP contribution is 2.06. The van der Waals surface area contributed by atoms with E-state index in [0.717, 1.165) is 0 Å². The molecule has 0 spiro atoms. The maximum Gasteiger partial charge on any atom is -0.0233 e. The number of benzene rings is 1. The molecule has 0 aliphatic carbocycles. The molecule has 0 aliphatic heterocycles. The van der Waals surface area contributed by atoms with Crippen molar-refractivity contribution in [3.05, 3.63) is 42.0 Å². The topological polar surface area (TPSA) is 0 Å². The highest BCUT2D eigenvalue weighted by molar-refractivity contribution is 5.50. The third kappa shape index (κ3) is 3.97. The third-order valence-electron chi connectivity index (χ3n) is 1.41. The molecular formula is C12H20. The first-order valence-corrected chi connectivity index (χ1v) is 4.02. The zero-order chi connectivity index (χ0) is 8.69. The summed E-state index contributed by atoms with van der Waals surface area (Å²) in [6.07, 6.45) is 1.87. The van der Waals surface area contributed by atoms with Crippen LogP contribution >= 0.6 is 0 Å². The maximum atomic E-state index is 3.69. The second kappa shape index (κ2) is 8.06. The van der Waals surface area contributed by atoms with Gasteiger partial charge in [-0.25, -0.2) is 0 Å². The van der Waals surface area contributed by atoms with Crippen LogP contribution in [-0.2, 0) is 0 Å². The van der Waals surface area contributed by atoms with Crippen LogP contribution in [0.3, 0.4) is 0 Å². The summed E-state index contributed by atoms with van der Waals surface area (Å²) in [5, 5.41) is 0. The molecule has 1 rings (SSSR count). The Hall–Kier alpha value is -1.04. The van der Waals surface area contributed by atoms with Gasteiger partial charge in [0.05, 0.1) is 0 Å². The molecule has 0 atom stereocenters. The Morgan fingerprint density at radius 2 is 1.67 bits per heavy atom. The SMILES string of the molecule is C.C=Cc1ccccc1C.CC. The standard InChI is InChI=1S/C9H10.C2H6.CH4/c1-3-9-7-5-4-6-8(9)2;1-2;/h3-7H,1H2,2H3;1-2H3;1H4. The monoisotopic (exact) mass is 164 g/mol. The Morgan fingerprint density at radius 3 is 2.00 bits per heavy atom. The zero-order valence-electron chi connectivity index (χ0n) is 7.59. The molecule has 12 heavy (non-hydrogen) atoms. The smallest absolute Gasteiger partial charge is 0.0233 e. The van der Waals surface area contributed by atoms with E-state index in [1.165, 1.54) is 11.1 Å². The van der Waals surface area contributed by atoms with Crippen molar-refractivity contribution in [1.29, 1.82) is 0 Å². The lowest BCUT2D eigenvalue weighted by molar-refractivity contribution is 1.45. The van der Waals surface area contributed by atoms with Gasteiger partial charge in [-0.3, -0.25) is 0 Å². The van der Waals surface area contributed by atoms with Crippen molar-refractivity contribution in [3.8, 4) is 0 Å². The fourth-order valence-corrected chi connectivity index (χ4v) is 0.816. The fraction of sp³-hybridized carbons (Fsp3) is 0.333. The van der Waals surface area contributed by atoms with Gasteiger partial charge < -0.3 is 0 Å². The number of rotatable bonds is 1. The molecule has 1 aromatic carbocycles. The van der Waals surface area contributed by atoms with Crippen LogP contribution in [-0.4, -0.2) is 0 Å². The first kappa shape index (κ1) is 13.5. The van der Waals surface area contributed by atoms with E-state index >= 15 is 0 Å².